The number of hydrogen-bond donors (Lipinski definition) is 0. The number of rotatable bonds is 6. The van der Waals surface area contributed by atoms with E-state index in [4.69, 9.17) is 26.1 Å². The molecule has 1 aromatic rings. The molecule has 1 aliphatic carbocycles. The van der Waals surface area contributed by atoms with Crippen LogP contribution in [-0.2, 0) is 19.1 Å². The van der Waals surface area contributed by atoms with Gasteiger partial charge in [-0.3, -0.25) is 14.6 Å². The molecular formula is C23H28ClNO4. The Morgan fingerprint density at radius 2 is 2.03 bits per heavy atom. The van der Waals surface area contributed by atoms with E-state index in [9.17, 15) is 9.59 Å². The lowest BCUT2D eigenvalue weighted by Crippen LogP contribution is -2.39. The van der Waals surface area contributed by atoms with Crippen molar-refractivity contribution in [2.45, 2.75) is 46.5 Å². The Balaban J connectivity index is 2.02. The van der Waals surface area contributed by atoms with Crippen LogP contribution >= 0.6 is 11.6 Å². The Hall–Kier alpha value is -1.98. The van der Waals surface area contributed by atoms with Gasteiger partial charge in [0.15, 0.2) is 5.78 Å². The summed E-state index contributed by atoms with van der Waals surface area (Å²) >= 11 is 6.24. The highest BCUT2D eigenvalue weighted by atomic mass is 35.5. The minimum atomic E-state index is -0.654. The first kappa shape index (κ1) is 21.7. The van der Waals surface area contributed by atoms with Gasteiger partial charge in [-0.25, -0.2) is 0 Å². The van der Waals surface area contributed by atoms with Gasteiger partial charge in [0.2, 0.25) is 0 Å². The number of hydrogen-bond acceptors (Lipinski definition) is 5. The van der Waals surface area contributed by atoms with Crippen molar-refractivity contribution in [3.05, 3.63) is 46.1 Å². The number of benzene rings is 1. The number of aliphatic imine (C=N–C) groups is 1. The van der Waals surface area contributed by atoms with Crippen molar-refractivity contribution < 1.29 is 19.1 Å². The first-order chi connectivity index (χ1) is 13.7. The molecule has 0 amide bonds. The molecule has 0 aromatic heterocycles. The SMILES string of the molecule is CCOCCOC(=O)C1C(C)=NC2=C(C(=O)CC(C)(C)C2)[C@@H]1c1cccc(Cl)c1. The van der Waals surface area contributed by atoms with Crippen LogP contribution in [0.4, 0.5) is 0 Å². The number of halogens is 1. The van der Waals surface area contributed by atoms with Gasteiger partial charge in [-0.2, -0.15) is 0 Å². The molecule has 0 N–H and O–H groups in total. The zero-order valence-electron chi connectivity index (χ0n) is 17.5. The molecular weight excluding hydrogens is 390 g/mol. The summed E-state index contributed by atoms with van der Waals surface area (Å²) < 4.78 is 10.7. The molecule has 1 aromatic carbocycles. The Labute approximate surface area is 177 Å². The molecule has 156 valence electrons. The van der Waals surface area contributed by atoms with Gasteiger partial charge in [-0.1, -0.05) is 37.6 Å². The molecule has 0 fully saturated rings. The smallest absolute Gasteiger partial charge is 0.315 e. The molecule has 6 heteroatoms. The van der Waals surface area contributed by atoms with Crippen LogP contribution in [0.3, 0.4) is 0 Å². The number of nitrogens with zero attached hydrogens (tertiary/aromatic N) is 1. The molecule has 0 spiro atoms. The maximum absolute atomic E-state index is 13.2. The van der Waals surface area contributed by atoms with E-state index in [0.29, 0.717) is 42.4 Å². The Bertz CT molecular complexity index is 871. The number of esters is 1. The van der Waals surface area contributed by atoms with E-state index in [0.717, 1.165) is 11.3 Å². The Morgan fingerprint density at radius 1 is 1.28 bits per heavy atom. The summed E-state index contributed by atoms with van der Waals surface area (Å²) in [7, 11) is 0. The normalized spacial score (nSPS) is 23.5. The number of allylic oxidation sites excluding steroid dienone is 2. The van der Waals surface area contributed by atoms with Gasteiger partial charge in [0.25, 0.3) is 0 Å². The topological polar surface area (TPSA) is 65.0 Å². The molecule has 0 saturated carbocycles. The van der Waals surface area contributed by atoms with E-state index in [2.05, 4.69) is 13.8 Å². The van der Waals surface area contributed by atoms with Crippen molar-refractivity contribution in [1.29, 1.82) is 0 Å². The van der Waals surface area contributed by atoms with Crippen molar-refractivity contribution in [1.82, 2.24) is 0 Å². The van der Waals surface area contributed by atoms with E-state index in [1.54, 1.807) is 6.07 Å². The molecule has 1 unspecified atom stereocenters. The molecule has 0 radical (unpaired) electrons. The number of ketones is 1. The van der Waals surface area contributed by atoms with Gasteiger partial charge in [0.1, 0.15) is 12.5 Å². The van der Waals surface area contributed by atoms with Gasteiger partial charge in [0, 0.05) is 41.0 Å². The van der Waals surface area contributed by atoms with E-state index < -0.39 is 11.8 Å². The highest BCUT2D eigenvalue weighted by Gasteiger charge is 2.46. The quantitative estimate of drug-likeness (QED) is 0.495. The van der Waals surface area contributed by atoms with Crippen molar-refractivity contribution >= 4 is 29.1 Å². The minimum Gasteiger partial charge on any atom is -0.463 e. The summed E-state index contributed by atoms with van der Waals surface area (Å²) in [5.41, 5.74) is 2.76. The molecule has 2 atom stereocenters. The summed E-state index contributed by atoms with van der Waals surface area (Å²) in [6.07, 6.45) is 1.14. The molecule has 1 heterocycles. The van der Waals surface area contributed by atoms with Crippen LogP contribution < -0.4 is 0 Å². The fraction of sp³-hybridized carbons (Fsp3) is 0.522. The highest BCUT2D eigenvalue weighted by Crippen LogP contribution is 2.48. The van der Waals surface area contributed by atoms with E-state index in [1.807, 2.05) is 32.0 Å². The molecule has 3 rings (SSSR count). The molecule has 0 saturated heterocycles. The minimum absolute atomic E-state index is 0.0459. The molecule has 29 heavy (non-hydrogen) atoms. The van der Waals surface area contributed by atoms with Gasteiger partial charge in [0.05, 0.1) is 6.61 Å². The summed E-state index contributed by atoms with van der Waals surface area (Å²) in [5, 5.41) is 0.567. The van der Waals surface area contributed by atoms with Crippen LogP contribution in [0.15, 0.2) is 40.5 Å². The standard InChI is InChI=1S/C23H28ClNO4/c1-5-28-9-10-29-22(27)19-14(2)25-17-12-23(3,4)13-18(26)21(17)20(19)15-7-6-8-16(24)11-15/h6-8,11,19-20H,5,9-10,12-13H2,1-4H3/t19?,20-/m1/s1. The van der Waals surface area contributed by atoms with E-state index in [1.165, 1.54) is 0 Å². The maximum Gasteiger partial charge on any atom is 0.315 e. The summed E-state index contributed by atoms with van der Waals surface area (Å²) in [5.74, 6) is -1.44. The van der Waals surface area contributed by atoms with Crippen LogP contribution in [0.1, 0.15) is 52.0 Å². The van der Waals surface area contributed by atoms with Crippen molar-refractivity contribution in [2.24, 2.45) is 16.3 Å². The third-order valence-electron chi connectivity index (χ3n) is 5.44. The number of carbonyl (C=O) groups excluding carboxylic acids is 2. The lowest BCUT2D eigenvalue weighted by atomic mass is 9.67. The first-order valence-corrected chi connectivity index (χ1v) is 10.4. The second-order valence-corrected chi connectivity index (χ2v) is 8.87. The van der Waals surface area contributed by atoms with Crippen LogP contribution in [-0.4, -0.2) is 37.3 Å². The van der Waals surface area contributed by atoms with Crippen molar-refractivity contribution in [2.75, 3.05) is 19.8 Å². The second kappa shape index (κ2) is 8.80. The molecule has 1 aliphatic heterocycles. The van der Waals surface area contributed by atoms with Crippen molar-refractivity contribution in [3.8, 4) is 0 Å². The highest BCUT2D eigenvalue weighted by molar-refractivity contribution is 6.30. The summed E-state index contributed by atoms with van der Waals surface area (Å²) in [6.45, 7) is 8.94. The van der Waals surface area contributed by atoms with E-state index >= 15 is 0 Å². The maximum atomic E-state index is 13.2. The average Bonchev–Trinajstić information content (AvgIpc) is 2.63. The number of carbonyl (C=O) groups is 2. The summed E-state index contributed by atoms with van der Waals surface area (Å²) in [6, 6.07) is 7.36. The fourth-order valence-corrected chi connectivity index (χ4v) is 4.44. The van der Waals surface area contributed by atoms with Gasteiger partial charge in [-0.15, -0.1) is 0 Å². The first-order valence-electron chi connectivity index (χ1n) is 10.0. The van der Waals surface area contributed by atoms with Gasteiger partial charge in [-0.05, 0) is 43.4 Å². The third kappa shape index (κ3) is 4.78. The third-order valence-corrected chi connectivity index (χ3v) is 5.68. The lowest BCUT2D eigenvalue weighted by molar-refractivity contribution is -0.148. The zero-order valence-corrected chi connectivity index (χ0v) is 18.2. The molecule has 5 nitrogen and oxygen atoms in total. The summed E-state index contributed by atoms with van der Waals surface area (Å²) in [4.78, 5) is 30.9. The largest absolute Gasteiger partial charge is 0.463 e. The predicted molar refractivity (Wildman–Crippen MR) is 113 cm³/mol. The molecule has 0 bridgehead atoms. The van der Waals surface area contributed by atoms with Crippen molar-refractivity contribution in [3.63, 3.8) is 0 Å². The Morgan fingerprint density at radius 3 is 2.72 bits per heavy atom. The van der Waals surface area contributed by atoms with E-state index in [-0.39, 0.29) is 23.8 Å². The predicted octanol–water partition coefficient (Wildman–Crippen LogP) is 4.74. The van der Waals surface area contributed by atoms with Crippen LogP contribution in [0.5, 0.6) is 0 Å². The molecule has 2 aliphatic rings. The van der Waals surface area contributed by atoms with Gasteiger partial charge >= 0.3 is 5.97 Å². The van der Waals surface area contributed by atoms with Crippen LogP contribution in [0.25, 0.3) is 0 Å². The second-order valence-electron chi connectivity index (χ2n) is 8.43. The average molecular weight is 418 g/mol. The van der Waals surface area contributed by atoms with Crippen LogP contribution in [0.2, 0.25) is 5.02 Å². The van der Waals surface area contributed by atoms with Crippen LogP contribution in [0, 0.1) is 11.3 Å². The monoisotopic (exact) mass is 417 g/mol. The fourth-order valence-electron chi connectivity index (χ4n) is 4.25. The Kier molecular flexibility index (Phi) is 6.59. The zero-order chi connectivity index (χ0) is 21.2. The number of ether oxygens (including phenoxy) is 2. The lowest BCUT2D eigenvalue weighted by Gasteiger charge is -2.39. The number of Topliss-reactive ketones (excluding diaryl/α,β-unsaturated/α-hetero) is 1. The van der Waals surface area contributed by atoms with Gasteiger partial charge < -0.3 is 9.47 Å².